The summed E-state index contributed by atoms with van der Waals surface area (Å²) >= 11 is 0. The number of anilines is 1. The predicted molar refractivity (Wildman–Crippen MR) is 136 cm³/mol. The van der Waals surface area contributed by atoms with Gasteiger partial charge in [0.05, 0.1) is 36.5 Å². The fraction of sp³-hybridized carbons (Fsp3) is 0.357. The van der Waals surface area contributed by atoms with Gasteiger partial charge in [-0.15, -0.1) is 0 Å². The number of nitrogens with one attached hydrogen (secondary N) is 1. The highest BCUT2D eigenvalue weighted by atomic mass is 16.5. The van der Waals surface area contributed by atoms with Crippen molar-refractivity contribution < 1.29 is 9.26 Å². The monoisotopic (exact) mass is 469 g/mol. The van der Waals surface area contributed by atoms with Crippen LogP contribution in [0, 0.1) is 0 Å². The smallest absolute Gasteiger partial charge is 0.150 e. The van der Waals surface area contributed by atoms with Crippen molar-refractivity contribution in [1.82, 2.24) is 20.4 Å². The van der Waals surface area contributed by atoms with Crippen molar-refractivity contribution >= 4 is 16.6 Å². The number of para-hydroxylation sites is 2. The first kappa shape index (κ1) is 22.2. The number of rotatable bonds is 8. The molecule has 0 spiro atoms. The van der Waals surface area contributed by atoms with Crippen LogP contribution in [0.2, 0.25) is 0 Å². The Morgan fingerprint density at radius 3 is 2.51 bits per heavy atom. The van der Waals surface area contributed by atoms with Gasteiger partial charge >= 0.3 is 0 Å². The normalized spacial score (nSPS) is 18.0. The van der Waals surface area contributed by atoms with Crippen LogP contribution in [0.1, 0.15) is 17.0 Å². The second-order valence-corrected chi connectivity index (χ2v) is 9.72. The Balaban J connectivity index is 1.03. The highest BCUT2D eigenvalue weighted by Gasteiger charge is 2.39. The number of piperazine rings is 1. The molecule has 2 aromatic carbocycles. The van der Waals surface area contributed by atoms with Crippen LogP contribution < -0.4 is 10.2 Å². The summed E-state index contributed by atoms with van der Waals surface area (Å²) in [4.78, 5) is 9.47. The highest BCUT2D eigenvalue weighted by Crippen LogP contribution is 2.24. The first-order valence-electron chi connectivity index (χ1n) is 12.4. The average molecular weight is 470 g/mol. The van der Waals surface area contributed by atoms with Crippen LogP contribution in [0.15, 0.2) is 77.4 Å². The molecule has 35 heavy (non-hydrogen) atoms. The third-order valence-corrected chi connectivity index (χ3v) is 7.07. The van der Waals surface area contributed by atoms with Crippen LogP contribution in [-0.2, 0) is 24.2 Å². The van der Waals surface area contributed by atoms with Crippen molar-refractivity contribution in [2.45, 2.75) is 25.0 Å². The largest absolute Gasteiger partial charge is 0.377 e. The Morgan fingerprint density at radius 1 is 0.914 bits per heavy atom. The van der Waals surface area contributed by atoms with Crippen LogP contribution in [-0.4, -0.2) is 60.0 Å². The Morgan fingerprint density at radius 2 is 1.71 bits per heavy atom. The van der Waals surface area contributed by atoms with Gasteiger partial charge in [-0.1, -0.05) is 41.6 Å². The van der Waals surface area contributed by atoms with E-state index in [0.29, 0.717) is 13.2 Å². The van der Waals surface area contributed by atoms with Crippen molar-refractivity contribution in [3.8, 4) is 0 Å². The quantitative estimate of drug-likeness (QED) is 0.423. The Kier molecular flexibility index (Phi) is 6.21. The fourth-order valence-corrected chi connectivity index (χ4v) is 5.00. The van der Waals surface area contributed by atoms with Crippen LogP contribution >= 0.6 is 0 Å². The summed E-state index contributed by atoms with van der Waals surface area (Å²) in [6, 6.07) is 23.2. The van der Waals surface area contributed by atoms with E-state index >= 15 is 0 Å². The molecule has 0 unspecified atom stereocenters. The molecule has 4 aromatic rings. The molecule has 2 fully saturated rings. The van der Waals surface area contributed by atoms with Crippen LogP contribution in [0.5, 0.6) is 0 Å². The van der Waals surface area contributed by atoms with Gasteiger partial charge in [0, 0.05) is 62.5 Å². The van der Waals surface area contributed by atoms with Gasteiger partial charge in [0.2, 0.25) is 0 Å². The number of hydrogen-bond donors (Lipinski definition) is 1. The predicted octanol–water partition coefficient (Wildman–Crippen LogP) is 3.65. The number of ether oxygens (including phenoxy) is 1. The summed E-state index contributed by atoms with van der Waals surface area (Å²) < 4.78 is 11.3. The summed E-state index contributed by atoms with van der Waals surface area (Å²) in [5.74, 6) is 0.933. The van der Waals surface area contributed by atoms with Crippen LogP contribution in [0.3, 0.4) is 0 Å². The third-order valence-electron chi connectivity index (χ3n) is 7.07. The zero-order valence-corrected chi connectivity index (χ0v) is 19.9. The van der Waals surface area contributed by atoms with E-state index in [-0.39, 0.29) is 5.54 Å². The molecule has 0 radical (unpaired) electrons. The molecule has 1 N–H and O–H groups in total. The van der Waals surface area contributed by atoms with E-state index in [1.165, 1.54) is 11.3 Å². The number of nitrogens with zero attached hydrogens (tertiary/aromatic N) is 4. The topological polar surface area (TPSA) is 66.7 Å². The summed E-state index contributed by atoms with van der Waals surface area (Å²) in [6.07, 6.45) is 2.74. The number of pyridine rings is 1. The van der Waals surface area contributed by atoms with Gasteiger partial charge in [-0.3, -0.25) is 9.88 Å². The number of hydrogen-bond acceptors (Lipinski definition) is 7. The van der Waals surface area contributed by atoms with E-state index in [9.17, 15) is 0 Å². The van der Waals surface area contributed by atoms with Crippen LogP contribution in [0.4, 0.5) is 5.69 Å². The van der Waals surface area contributed by atoms with Crippen molar-refractivity contribution in [3.63, 3.8) is 0 Å². The molecule has 2 saturated heterocycles. The molecule has 0 amide bonds. The number of fused-ring (bicyclic) bond motifs is 1. The maximum atomic E-state index is 5.72. The SMILES string of the molecule is c1ccc(N2CCN(Cc3cc(CC4(NCc5cnc6ccccc6c5)COC4)no3)CC2)cc1. The highest BCUT2D eigenvalue weighted by molar-refractivity contribution is 5.78. The lowest BCUT2D eigenvalue weighted by atomic mass is 9.91. The molecule has 7 heteroatoms. The van der Waals surface area contributed by atoms with E-state index in [0.717, 1.165) is 68.0 Å². The third kappa shape index (κ3) is 5.07. The molecule has 0 bridgehead atoms. The van der Waals surface area contributed by atoms with Gasteiger partial charge < -0.3 is 19.5 Å². The maximum Gasteiger partial charge on any atom is 0.150 e. The molecule has 0 saturated carbocycles. The van der Waals surface area contributed by atoms with E-state index in [1.54, 1.807) is 0 Å². The zero-order chi connectivity index (χ0) is 23.5. The van der Waals surface area contributed by atoms with Gasteiger partial charge in [0.1, 0.15) is 0 Å². The molecule has 4 heterocycles. The standard InChI is InChI=1S/C28H31N5O2/c1-2-7-25(8-3-1)33-12-10-32(11-13-33)19-26-15-24(31-35-26)16-28(20-34-21-28)30-18-22-14-23-6-4-5-9-27(23)29-17-22/h1-9,14-15,17,30H,10-13,16,18-21H2. The molecule has 6 rings (SSSR count). The van der Waals surface area contributed by atoms with E-state index in [4.69, 9.17) is 9.26 Å². The second kappa shape index (κ2) is 9.77. The lowest BCUT2D eigenvalue weighted by molar-refractivity contribution is -0.0755. The molecule has 180 valence electrons. The minimum atomic E-state index is -0.110. The van der Waals surface area contributed by atoms with Gasteiger partial charge in [0.15, 0.2) is 5.76 Å². The molecule has 2 aliphatic heterocycles. The van der Waals surface area contributed by atoms with Crippen molar-refractivity contribution in [3.05, 3.63) is 89.9 Å². The molecular formula is C28H31N5O2. The first-order valence-corrected chi connectivity index (χ1v) is 12.4. The Labute approximate surface area is 205 Å². The first-order chi connectivity index (χ1) is 17.2. The zero-order valence-electron chi connectivity index (χ0n) is 19.9. The summed E-state index contributed by atoms with van der Waals surface area (Å²) in [7, 11) is 0. The average Bonchev–Trinajstić information content (AvgIpc) is 3.33. The van der Waals surface area contributed by atoms with Gasteiger partial charge in [-0.2, -0.15) is 0 Å². The maximum absolute atomic E-state index is 5.72. The number of benzene rings is 2. The fourth-order valence-electron chi connectivity index (χ4n) is 5.00. The molecule has 2 aromatic heterocycles. The Hall–Kier alpha value is -3.26. The lowest BCUT2D eigenvalue weighted by Gasteiger charge is -2.42. The molecule has 0 atom stereocenters. The summed E-state index contributed by atoms with van der Waals surface area (Å²) in [5, 5.41) is 9.26. The number of aromatic nitrogens is 2. The minimum Gasteiger partial charge on any atom is -0.377 e. The van der Waals surface area contributed by atoms with E-state index in [1.807, 2.05) is 24.4 Å². The molecular weight excluding hydrogens is 438 g/mol. The van der Waals surface area contributed by atoms with Crippen molar-refractivity contribution in [2.24, 2.45) is 0 Å². The minimum absolute atomic E-state index is 0.110. The van der Waals surface area contributed by atoms with Crippen molar-refractivity contribution in [2.75, 3.05) is 44.3 Å². The van der Waals surface area contributed by atoms with Gasteiger partial charge in [-0.25, -0.2) is 0 Å². The van der Waals surface area contributed by atoms with Gasteiger partial charge in [-0.05, 0) is 29.8 Å². The van der Waals surface area contributed by atoms with Crippen molar-refractivity contribution in [1.29, 1.82) is 0 Å². The summed E-state index contributed by atoms with van der Waals surface area (Å²) in [6.45, 7) is 6.99. The molecule has 2 aliphatic rings. The molecule has 0 aliphatic carbocycles. The lowest BCUT2D eigenvalue weighted by Crippen LogP contribution is -2.61. The van der Waals surface area contributed by atoms with Crippen LogP contribution in [0.25, 0.3) is 10.9 Å². The van der Waals surface area contributed by atoms with Gasteiger partial charge in [0.25, 0.3) is 0 Å². The second-order valence-electron chi connectivity index (χ2n) is 9.72. The molecule has 7 nitrogen and oxygen atoms in total. The Bertz CT molecular complexity index is 1260. The van der Waals surface area contributed by atoms with E-state index < -0.39 is 0 Å². The van der Waals surface area contributed by atoms with E-state index in [2.05, 4.69) is 73.8 Å². The summed E-state index contributed by atoms with van der Waals surface area (Å²) in [5.41, 5.74) is 4.37.